The lowest BCUT2D eigenvalue weighted by molar-refractivity contribution is 0.0697. The van der Waals surface area contributed by atoms with Crippen molar-refractivity contribution in [1.29, 1.82) is 0 Å². The highest BCUT2D eigenvalue weighted by molar-refractivity contribution is 7.89. The molecule has 0 spiro atoms. The highest BCUT2D eigenvalue weighted by Crippen LogP contribution is 2.30. The molecule has 1 aliphatic heterocycles. The minimum atomic E-state index is -3.66. The molecule has 6 nitrogen and oxygen atoms in total. The van der Waals surface area contributed by atoms with Gasteiger partial charge in [-0.25, -0.2) is 13.2 Å². The van der Waals surface area contributed by atoms with Gasteiger partial charge in [0.05, 0.1) is 11.3 Å². The molecule has 3 N–H and O–H groups in total. The first-order chi connectivity index (χ1) is 9.37. The third-order valence-electron chi connectivity index (χ3n) is 3.64. The smallest absolute Gasteiger partial charge is 0.335 e. The van der Waals surface area contributed by atoms with Gasteiger partial charge >= 0.3 is 5.97 Å². The molecule has 1 saturated heterocycles. The van der Waals surface area contributed by atoms with E-state index >= 15 is 0 Å². The van der Waals surface area contributed by atoms with Crippen LogP contribution in [-0.2, 0) is 10.0 Å². The quantitative estimate of drug-likeness (QED) is 0.821. The summed E-state index contributed by atoms with van der Waals surface area (Å²) in [6.07, 6.45) is 2.44. The minimum Gasteiger partial charge on any atom is -0.478 e. The van der Waals surface area contributed by atoms with Gasteiger partial charge < -0.3 is 10.8 Å². The van der Waals surface area contributed by atoms with E-state index in [0.29, 0.717) is 6.54 Å². The van der Waals surface area contributed by atoms with Crippen LogP contribution in [0.25, 0.3) is 0 Å². The molecular weight excluding hydrogens is 280 g/mol. The lowest BCUT2D eigenvalue weighted by Gasteiger charge is -2.23. The first-order valence-electron chi connectivity index (χ1n) is 6.52. The molecule has 0 radical (unpaired) electrons. The second-order valence-electron chi connectivity index (χ2n) is 4.88. The van der Waals surface area contributed by atoms with Crippen molar-refractivity contribution in [2.45, 2.75) is 37.1 Å². The number of carboxylic acid groups (broad SMARTS) is 1. The number of sulfonamides is 1. The zero-order valence-electron chi connectivity index (χ0n) is 11.2. The van der Waals surface area contributed by atoms with E-state index in [-0.39, 0.29) is 22.2 Å². The fourth-order valence-corrected chi connectivity index (χ4v) is 4.44. The molecule has 0 saturated carbocycles. The van der Waals surface area contributed by atoms with Crippen molar-refractivity contribution in [3.63, 3.8) is 0 Å². The van der Waals surface area contributed by atoms with Crippen LogP contribution in [0, 0.1) is 0 Å². The Balaban J connectivity index is 2.42. The largest absolute Gasteiger partial charge is 0.478 e. The van der Waals surface area contributed by atoms with Gasteiger partial charge in [0.1, 0.15) is 4.90 Å². The molecule has 1 aliphatic rings. The summed E-state index contributed by atoms with van der Waals surface area (Å²) >= 11 is 0. The maximum absolute atomic E-state index is 12.6. The van der Waals surface area contributed by atoms with E-state index in [1.807, 2.05) is 6.92 Å². The predicted octanol–water partition coefficient (Wildman–Crippen LogP) is 1.53. The van der Waals surface area contributed by atoms with Crippen LogP contribution in [-0.4, -0.2) is 36.4 Å². The fraction of sp³-hybridized carbons (Fsp3) is 0.462. The van der Waals surface area contributed by atoms with Gasteiger partial charge in [0.25, 0.3) is 0 Å². The second kappa shape index (κ2) is 5.41. The summed E-state index contributed by atoms with van der Waals surface area (Å²) in [5.74, 6) is -1.13. The van der Waals surface area contributed by atoms with Crippen LogP contribution < -0.4 is 5.73 Å². The Morgan fingerprint density at radius 3 is 2.75 bits per heavy atom. The Labute approximate surface area is 118 Å². The van der Waals surface area contributed by atoms with Gasteiger partial charge in [-0.1, -0.05) is 6.92 Å². The first-order valence-corrected chi connectivity index (χ1v) is 7.96. The molecule has 0 bridgehead atoms. The van der Waals surface area contributed by atoms with Gasteiger partial charge in [0.15, 0.2) is 0 Å². The average molecular weight is 298 g/mol. The number of carboxylic acids is 1. The van der Waals surface area contributed by atoms with Crippen LogP contribution in [0.2, 0.25) is 0 Å². The van der Waals surface area contributed by atoms with Crippen molar-refractivity contribution in [3.8, 4) is 0 Å². The maximum atomic E-state index is 12.6. The number of hydrogen-bond donors (Lipinski definition) is 2. The van der Waals surface area contributed by atoms with E-state index < -0.39 is 16.0 Å². The highest BCUT2D eigenvalue weighted by Gasteiger charge is 2.35. The number of nitrogens with zero attached hydrogens (tertiary/aromatic N) is 1. The van der Waals surface area contributed by atoms with Crippen molar-refractivity contribution in [2.24, 2.45) is 0 Å². The number of nitrogen functional groups attached to an aromatic ring is 1. The van der Waals surface area contributed by atoms with Gasteiger partial charge in [-0.2, -0.15) is 4.31 Å². The number of nitrogens with two attached hydrogens (primary N) is 1. The number of benzene rings is 1. The Morgan fingerprint density at radius 2 is 2.20 bits per heavy atom. The maximum Gasteiger partial charge on any atom is 0.335 e. The Hall–Kier alpha value is -1.60. The molecule has 1 fully saturated rings. The van der Waals surface area contributed by atoms with Crippen LogP contribution in [0.4, 0.5) is 5.69 Å². The number of aromatic carboxylic acids is 1. The number of carbonyl (C=O) groups is 1. The van der Waals surface area contributed by atoms with E-state index in [9.17, 15) is 13.2 Å². The zero-order valence-corrected chi connectivity index (χ0v) is 12.1. The van der Waals surface area contributed by atoms with Crippen LogP contribution in [0.5, 0.6) is 0 Å². The van der Waals surface area contributed by atoms with E-state index in [4.69, 9.17) is 10.8 Å². The van der Waals surface area contributed by atoms with Crippen molar-refractivity contribution >= 4 is 21.7 Å². The molecule has 20 heavy (non-hydrogen) atoms. The van der Waals surface area contributed by atoms with Crippen molar-refractivity contribution < 1.29 is 18.3 Å². The van der Waals surface area contributed by atoms with Crippen molar-refractivity contribution in [3.05, 3.63) is 23.8 Å². The van der Waals surface area contributed by atoms with Gasteiger partial charge in [-0.3, -0.25) is 0 Å². The molecule has 1 aromatic rings. The third kappa shape index (κ3) is 2.51. The lowest BCUT2D eigenvalue weighted by atomic mass is 10.2. The molecule has 0 aromatic heterocycles. The molecule has 0 aliphatic carbocycles. The summed E-state index contributed by atoms with van der Waals surface area (Å²) in [6, 6.07) is 3.73. The van der Waals surface area contributed by atoms with Gasteiger partial charge in [-0.15, -0.1) is 0 Å². The van der Waals surface area contributed by atoms with E-state index in [0.717, 1.165) is 19.3 Å². The monoisotopic (exact) mass is 298 g/mol. The first kappa shape index (κ1) is 14.8. The topological polar surface area (TPSA) is 101 Å². The SMILES string of the molecule is CCC1CCCN1S(=O)(=O)c1ccc(C(=O)O)cc1N. The highest BCUT2D eigenvalue weighted by atomic mass is 32.2. The van der Waals surface area contributed by atoms with Crippen LogP contribution >= 0.6 is 0 Å². The molecule has 110 valence electrons. The van der Waals surface area contributed by atoms with Crippen molar-refractivity contribution in [2.75, 3.05) is 12.3 Å². The summed E-state index contributed by atoms with van der Waals surface area (Å²) in [6.45, 7) is 2.44. The van der Waals surface area contributed by atoms with E-state index in [1.54, 1.807) is 0 Å². The summed E-state index contributed by atoms with van der Waals surface area (Å²) in [5, 5.41) is 8.88. The molecule has 1 atom stereocenters. The van der Waals surface area contributed by atoms with Gasteiger partial charge in [0.2, 0.25) is 10.0 Å². The van der Waals surface area contributed by atoms with Crippen molar-refractivity contribution in [1.82, 2.24) is 4.31 Å². The molecule has 7 heteroatoms. The van der Waals surface area contributed by atoms with Gasteiger partial charge in [0, 0.05) is 12.6 Å². The summed E-state index contributed by atoms with van der Waals surface area (Å²) in [5.41, 5.74) is 5.69. The zero-order chi connectivity index (χ0) is 14.9. The summed E-state index contributed by atoms with van der Waals surface area (Å²) in [4.78, 5) is 10.8. The molecule has 2 rings (SSSR count). The second-order valence-corrected chi connectivity index (χ2v) is 6.74. The van der Waals surface area contributed by atoms with Gasteiger partial charge in [-0.05, 0) is 37.5 Å². The predicted molar refractivity (Wildman–Crippen MR) is 75.0 cm³/mol. The average Bonchev–Trinajstić information content (AvgIpc) is 2.87. The summed E-state index contributed by atoms with van der Waals surface area (Å²) < 4.78 is 26.7. The number of hydrogen-bond acceptors (Lipinski definition) is 4. The molecular formula is C13H18N2O4S. The third-order valence-corrected chi connectivity index (χ3v) is 5.66. The Kier molecular flexibility index (Phi) is 4.01. The van der Waals surface area contributed by atoms with Crippen LogP contribution in [0.1, 0.15) is 36.5 Å². The molecule has 1 unspecified atom stereocenters. The fourth-order valence-electron chi connectivity index (χ4n) is 2.58. The Bertz CT molecular complexity index is 627. The normalized spacial score (nSPS) is 20.1. The minimum absolute atomic E-state index is 0.00134. The lowest BCUT2D eigenvalue weighted by Crippen LogP contribution is -2.35. The summed E-state index contributed by atoms with van der Waals surface area (Å²) in [7, 11) is -3.66. The van der Waals surface area contributed by atoms with E-state index in [1.165, 1.54) is 22.5 Å². The van der Waals surface area contributed by atoms with Crippen LogP contribution in [0.15, 0.2) is 23.1 Å². The number of rotatable bonds is 4. The Morgan fingerprint density at radius 1 is 1.50 bits per heavy atom. The molecule has 1 heterocycles. The molecule has 0 amide bonds. The number of anilines is 1. The van der Waals surface area contributed by atoms with E-state index in [2.05, 4.69) is 0 Å². The van der Waals surface area contributed by atoms with Crippen LogP contribution in [0.3, 0.4) is 0 Å². The standard InChI is InChI=1S/C13H18N2O4S/c1-2-10-4-3-7-15(10)20(18,19)12-6-5-9(13(16)17)8-11(12)14/h5-6,8,10H,2-4,7,14H2,1H3,(H,16,17). The molecule has 1 aromatic carbocycles.